The normalized spacial score (nSPS) is 57.5. The zero-order chi connectivity index (χ0) is 19.8. The molecule has 0 bridgehead atoms. The molecule has 6 nitrogen and oxygen atoms in total. The van der Waals surface area contributed by atoms with Crippen LogP contribution in [-0.2, 0) is 4.79 Å². The lowest BCUT2D eigenvalue weighted by Gasteiger charge is -2.63. The summed E-state index contributed by atoms with van der Waals surface area (Å²) in [4.78, 5) is 12.4. The van der Waals surface area contributed by atoms with E-state index in [1.54, 1.807) is 0 Å². The SMILES string of the molecule is CC12C[C@H](O)C3[C@@H](CCC4C(O)C(O)CC[C@@]43C)[C@@H]1CC[C@]2(O)C(=O)CO. The lowest BCUT2D eigenvalue weighted by atomic mass is 9.43. The van der Waals surface area contributed by atoms with E-state index in [2.05, 4.69) is 6.92 Å². The van der Waals surface area contributed by atoms with E-state index >= 15 is 0 Å². The van der Waals surface area contributed by atoms with Gasteiger partial charge in [-0.1, -0.05) is 13.8 Å². The first-order valence-electron chi connectivity index (χ1n) is 10.5. The van der Waals surface area contributed by atoms with E-state index in [1.165, 1.54) is 0 Å². The fourth-order valence-corrected chi connectivity index (χ4v) is 8.04. The van der Waals surface area contributed by atoms with Gasteiger partial charge in [0, 0.05) is 5.41 Å². The molecule has 0 aromatic carbocycles. The highest BCUT2D eigenvalue weighted by Crippen LogP contribution is 2.68. The summed E-state index contributed by atoms with van der Waals surface area (Å²) >= 11 is 0. The zero-order valence-electron chi connectivity index (χ0n) is 16.3. The standard InChI is InChI=1S/C21H34O6/c1-19-7-6-14(23)18(26)13(19)4-3-11-12-5-8-21(27,16(25)10-22)20(12,2)9-15(24)17(11)19/h11-15,17-18,22-24,26-27H,3-10H2,1-2H3/t11-,12-,13?,14?,15-,17?,18?,19-,20?,21-/m0/s1. The molecule has 0 radical (unpaired) electrons. The summed E-state index contributed by atoms with van der Waals surface area (Å²) in [6.07, 6.45) is 2.23. The number of hydrogen-bond acceptors (Lipinski definition) is 6. The van der Waals surface area contributed by atoms with Crippen molar-refractivity contribution in [3.05, 3.63) is 0 Å². The average Bonchev–Trinajstić information content (AvgIpc) is 2.89. The Morgan fingerprint density at radius 1 is 0.963 bits per heavy atom. The Morgan fingerprint density at radius 3 is 2.33 bits per heavy atom. The highest BCUT2D eigenvalue weighted by Gasteiger charge is 2.69. The minimum atomic E-state index is -1.57. The number of hydrogen-bond donors (Lipinski definition) is 5. The molecule has 5 N–H and O–H groups in total. The molecular formula is C21H34O6. The van der Waals surface area contributed by atoms with Crippen LogP contribution in [0.5, 0.6) is 0 Å². The van der Waals surface area contributed by atoms with Gasteiger partial charge in [0.1, 0.15) is 12.2 Å². The first kappa shape index (κ1) is 19.8. The smallest absolute Gasteiger partial charge is 0.190 e. The highest BCUT2D eigenvalue weighted by molar-refractivity contribution is 5.89. The van der Waals surface area contributed by atoms with Crippen molar-refractivity contribution in [3.8, 4) is 0 Å². The highest BCUT2D eigenvalue weighted by atomic mass is 16.3. The van der Waals surface area contributed by atoms with E-state index in [4.69, 9.17) is 0 Å². The van der Waals surface area contributed by atoms with Crippen LogP contribution in [0.1, 0.15) is 58.8 Å². The molecule has 0 saturated heterocycles. The number of aliphatic hydroxyl groups is 5. The third kappa shape index (κ3) is 2.40. The van der Waals surface area contributed by atoms with Crippen LogP contribution >= 0.6 is 0 Å². The third-order valence-corrected chi connectivity index (χ3v) is 9.42. The summed E-state index contributed by atoms with van der Waals surface area (Å²) in [5.74, 6) is -0.255. The van der Waals surface area contributed by atoms with E-state index in [0.717, 1.165) is 25.7 Å². The summed E-state index contributed by atoms with van der Waals surface area (Å²) in [5.41, 5.74) is -2.55. The fourth-order valence-electron chi connectivity index (χ4n) is 8.04. The van der Waals surface area contributed by atoms with Crippen molar-refractivity contribution in [1.82, 2.24) is 0 Å². The largest absolute Gasteiger partial charge is 0.393 e. The van der Waals surface area contributed by atoms with Gasteiger partial charge in [0.25, 0.3) is 0 Å². The zero-order valence-corrected chi connectivity index (χ0v) is 16.3. The minimum absolute atomic E-state index is 0.00283. The molecule has 0 amide bonds. The van der Waals surface area contributed by atoms with E-state index < -0.39 is 41.7 Å². The van der Waals surface area contributed by atoms with Gasteiger partial charge in [0.15, 0.2) is 5.78 Å². The van der Waals surface area contributed by atoms with Gasteiger partial charge >= 0.3 is 0 Å². The van der Waals surface area contributed by atoms with Crippen molar-refractivity contribution in [3.63, 3.8) is 0 Å². The maximum Gasteiger partial charge on any atom is 0.190 e. The molecule has 154 valence electrons. The van der Waals surface area contributed by atoms with Crippen LogP contribution in [0.25, 0.3) is 0 Å². The number of carbonyl (C=O) groups excluding carboxylic acids is 1. The van der Waals surface area contributed by atoms with Crippen LogP contribution in [0, 0.1) is 34.5 Å². The van der Waals surface area contributed by atoms with Crippen molar-refractivity contribution in [1.29, 1.82) is 0 Å². The van der Waals surface area contributed by atoms with Crippen molar-refractivity contribution in [2.24, 2.45) is 34.5 Å². The predicted molar refractivity (Wildman–Crippen MR) is 97.6 cm³/mol. The summed E-state index contributed by atoms with van der Waals surface area (Å²) < 4.78 is 0. The number of rotatable bonds is 2. The van der Waals surface area contributed by atoms with Crippen LogP contribution in [0.3, 0.4) is 0 Å². The molecule has 5 unspecified atom stereocenters. The van der Waals surface area contributed by atoms with Crippen LogP contribution < -0.4 is 0 Å². The number of fused-ring (bicyclic) bond motifs is 5. The van der Waals surface area contributed by atoms with Crippen LogP contribution in [0.4, 0.5) is 0 Å². The molecule has 0 spiro atoms. The Balaban J connectivity index is 1.70. The molecule has 0 aromatic heterocycles. The van der Waals surface area contributed by atoms with E-state index in [-0.39, 0.29) is 29.1 Å². The van der Waals surface area contributed by atoms with E-state index in [1.807, 2.05) is 6.92 Å². The fraction of sp³-hybridized carbons (Fsp3) is 0.952. The maximum absolute atomic E-state index is 12.4. The van der Waals surface area contributed by atoms with Crippen LogP contribution in [0.2, 0.25) is 0 Å². The summed E-state index contributed by atoms with van der Waals surface area (Å²) in [7, 11) is 0. The first-order valence-corrected chi connectivity index (χ1v) is 10.5. The second kappa shape index (κ2) is 6.23. The number of Topliss-reactive ketones (excluding diaryl/α,β-unsaturated/α-hetero) is 1. The summed E-state index contributed by atoms with van der Waals surface area (Å²) in [6, 6.07) is 0. The Hall–Kier alpha value is -0.530. The molecule has 4 saturated carbocycles. The van der Waals surface area contributed by atoms with Gasteiger partial charge in [-0.3, -0.25) is 4.79 Å². The van der Waals surface area contributed by atoms with Crippen molar-refractivity contribution in [2.45, 2.75) is 82.7 Å². The second-order valence-corrected chi connectivity index (χ2v) is 10.3. The van der Waals surface area contributed by atoms with Crippen molar-refractivity contribution >= 4 is 5.78 Å². The molecular weight excluding hydrogens is 348 g/mol. The number of ketones is 1. The van der Waals surface area contributed by atoms with Gasteiger partial charge in [-0.05, 0) is 74.0 Å². The third-order valence-electron chi connectivity index (χ3n) is 9.42. The molecule has 6 heteroatoms. The second-order valence-electron chi connectivity index (χ2n) is 10.3. The van der Waals surface area contributed by atoms with Crippen molar-refractivity contribution < 1.29 is 30.3 Å². The van der Waals surface area contributed by atoms with Crippen molar-refractivity contribution in [2.75, 3.05) is 6.61 Å². The van der Waals surface area contributed by atoms with Gasteiger partial charge in [-0.15, -0.1) is 0 Å². The molecule has 27 heavy (non-hydrogen) atoms. The Labute approximate surface area is 160 Å². The average molecular weight is 382 g/mol. The molecule has 4 rings (SSSR count). The van der Waals surface area contributed by atoms with Crippen LogP contribution in [0.15, 0.2) is 0 Å². The molecule has 4 fully saturated rings. The molecule has 0 heterocycles. The lowest BCUT2D eigenvalue weighted by molar-refractivity contribution is -0.219. The molecule has 4 aliphatic carbocycles. The lowest BCUT2D eigenvalue weighted by Crippen LogP contribution is -2.65. The van der Waals surface area contributed by atoms with Gasteiger partial charge < -0.3 is 25.5 Å². The Kier molecular flexibility index (Phi) is 4.56. The molecule has 0 aromatic rings. The quantitative estimate of drug-likeness (QED) is 0.478. The minimum Gasteiger partial charge on any atom is -0.393 e. The maximum atomic E-state index is 12.4. The van der Waals surface area contributed by atoms with E-state index in [9.17, 15) is 30.3 Å². The van der Waals surface area contributed by atoms with Gasteiger partial charge in [0.05, 0.1) is 18.3 Å². The summed E-state index contributed by atoms with van der Waals surface area (Å²) in [6.45, 7) is 3.38. The topological polar surface area (TPSA) is 118 Å². The van der Waals surface area contributed by atoms with Gasteiger partial charge in [-0.25, -0.2) is 0 Å². The predicted octanol–water partition coefficient (Wildman–Crippen LogP) is 0.624. The Morgan fingerprint density at radius 2 is 1.67 bits per heavy atom. The number of aliphatic hydroxyl groups excluding tert-OH is 4. The molecule has 0 aliphatic heterocycles. The monoisotopic (exact) mass is 382 g/mol. The Bertz CT molecular complexity index is 624. The molecule has 10 atom stereocenters. The first-order chi connectivity index (χ1) is 12.6. The van der Waals surface area contributed by atoms with Crippen LogP contribution in [-0.4, -0.2) is 61.8 Å². The molecule has 4 aliphatic rings. The number of carbonyl (C=O) groups is 1. The summed E-state index contributed by atoms with van der Waals surface area (Å²) in [5, 5.41) is 52.6. The van der Waals surface area contributed by atoms with Gasteiger partial charge in [-0.2, -0.15) is 0 Å². The van der Waals surface area contributed by atoms with Gasteiger partial charge in [0.2, 0.25) is 0 Å². The van der Waals surface area contributed by atoms with E-state index in [0.29, 0.717) is 19.3 Å².